The summed E-state index contributed by atoms with van der Waals surface area (Å²) in [7, 11) is -3.57. The van der Waals surface area contributed by atoms with Gasteiger partial charge in [-0.1, -0.05) is 0 Å². The summed E-state index contributed by atoms with van der Waals surface area (Å²) in [6.07, 6.45) is 1.24. The molecule has 26 heavy (non-hydrogen) atoms. The summed E-state index contributed by atoms with van der Waals surface area (Å²) >= 11 is 1.23. The molecule has 2 heterocycles. The third kappa shape index (κ3) is 4.22. The molecule has 1 aliphatic rings. The molecule has 0 spiro atoms. The lowest BCUT2D eigenvalue weighted by molar-refractivity contribution is -0.125. The van der Waals surface area contributed by atoms with Crippen molar-refractivity contribution in [2.45, 2.75) is 24.0 Å². The van der Waals surface area contributed by atoms with E-state index in [1.165, 1.54) is 39.9 Å². The van der Waals surface area contributed by atoms with Gasteiger partial charge in [-0.05, 0) is 56.2 Å². The molecule has 9 heteroatoms. The number of nitrogens with one attached hydrogen (secondary N) is 2. The Balaban J connectivity index is 1.62. The number of hydrogen-bond acceptors (Lipinski definition) is 5. The first-order chi connectivity index (χ1) is 12.4. The van der Waals surface area contributed by atoms with Gasteiger partial charge in [-0.25, -0.2) is 12.8 Å². The summed E-state index contributed by atoms with van der Waals surface area (Å²) in [4.78, 5) is 13.3. The normalized spacial score (nSPS) is 18.5. The zero-order valence-corrected chi connectivity index (χ0v) is 15.9. The Hall–Kier alpha value is -1.97. The molecule has 1 aromatic carbocycles. The number of halogens is 1. The number of carbonyl (C=O) groups is 1. The van der Waals surface area contributed by atoms with Crippen LogP contribution in [0, 0.1) is 18.7 Å². The highest BCUT2D eigenvalue weighted by Crippen LogP contribution is 2.28. The number of nitrogens with zero attached hydrogens (tertiary/aromatic N) is 1. The van der Waals surface area contributed by atoms with Crippen LogP contribution in [0.1, 0.15) is 17.7 Å². The largest absolute Gasteiger partial charge is 0.299 e. The Bertz CT molecular complexity index is 881. The number of thiophene rings is 1. The molecular weight excluding hydrogens is 377 g/mol. The minimum atomic E-state index is -3.57. The van der Waals surface area contributed by atoms with E-state index in [2.05, 4.69) is 10.9 Å². The minimum Gasteiger partial charge on any atom is -0.299 e. The number of hydrogen-bond donors (Lipinski definition) is 2. The predicted molar refractivity (Wildman–Crippen MR) is 98.7 cm³/mol. The maximum absolute atomic E-state index is 12.9. The summed E-state index contributed by atoms with van der Waals surface area (Å²) in [5.41, 5.74) is 5.85. The Morgan fingerprint density at radius 2 is 1.96 bits per heavy atom. The zero-order chi connectivity index (χ0) is 18.7. The van der Waals surface area contributed by atoms with Gasteiger partial charge in [0.1, 0.15) is 10.0 Å². The topological polar surface area (TPSA) is 78.5 Å². The van der Waals surface area contributed by atoms with Crippen molar-refractivity contribution in [3.8, 4) is 0 Å². The molecule has 0 aliphatic carbocycles. The second kappa shape index (κ2) is 7.73. The van der Waals surface area contributed by atoms with Crippen LogP contribution >= 0.6 is 11.3 Å². The molecule has 2 N–H and O–H groups in total. The summed E-state index contributed by atoms with van der Waals surface area (Å²) in [6, 6.07) is 8.96. The lowest BCUT2D eigenvalue weighted by Gasteiger charge is -2.30. The van der Waals surface area contributed by atoms with Crippen molar-refractivity contribution in [2.75, 3.05) is 18.5 Å². The monoisotopic (exact) mass is 397 g/mol. The lowest BCUT2D eigenvalue weighted by Crippen LogP contribution is -2.46. The quantitative estimate of drug-likeness (QED) is 0.761. The molecule has 6 nitrogen and oxygen atoms in total. The summed E-state index contributed by atoms with van der Waals surface area (Å²) < 4.78 is 40.0. The first kappa shape index (κ1) is 18.8. The van der Waals surface area contributed by atoms with Crippen molar-refractivity contribution >= 4 is 33.0 Å². The van der Waals surface area contributed by atoms with Gasteiger partial charge in [-0.15, -0.1) is 11.3 Å². The van der Waals surface area contributed by atoms with E-state index in [1.807, 2.05) is 6.92 Å². The molecular formula is C17H20FN3O3S2. The van der Waals surface area contributed by atoms with Crippen LogP contribution in [0.2, 0.25) is 0 Å². The SMILES string of the molecule is Cc1ccc(S(=O)(=O)N2CCC[C@H](C(=O)NNc3ccc(F)cc3)C2)s1. The number of rotatable bonds is 5. The number of anilines is 1. The molecule has 1 fully saturated rings. The van der Waals surface area contributed by atoms with Gasteiger partial charge in [0, 0.05) is 18.0 Å². The van der Waals surface area contributed by atoms with Gasteiger partial charge in [-0.2, -0.15) is 4.31 Å². The number of piperidine rings is 1. The molecule has 1 amide bonds. The predicted octanol–water partition coefficient (Wildman–Crippen LogP) is 2.74. The highest BCUT2D eigenvalue weighted by Gasteiger charge is 2.34. The molecule has 140 valence electrons. The van der Waals surface area contributed by atoms with Crippen molar-refractivity contribution in [2.24, 2.45) is 5.92 Å². The number of hydrazine groups is 1. The van der Waals surface area contributed by atoms with E-state index in [9.17, 15) is 17.6 Å². The lowest BCUT2D eigenvalue weighted by atomic mass is 9.99. The van der Waals surface area contributed by atoms with Crippen LogP contribution in [0.4, 0.5) is 10.1 Å². The molecule has 2 aromatic rings. The van der Waals surface area contributed by atoms with Gasteiger partial charge >= 0.3 is 0 Å². The Morgan fingerprint density at radius 1 is 1.23 bits per heavy atom. The van der Waals surface area contributed by atoms with Crippen molar-refractivity contribution in [3.63, 3.8) is 0 Å². The van der Waals surface area contributed by atoms with Gasteiger partial charge in [0.05, 0.1) is 11.6 Å². The van der Waals surface area contributed by atoms with Crippen LogP contribution in [0.5, 0.6) is 0 Å². The smallest absolute Gasteiger partial charge is 0.252 e. The van der Waals surface area contributed by atoms with E-state index in [-0.39, 0.29) is 18.3 Å². The average Bonchev–Trinajstić information content (AvgIpc) is 3.08. The first-order valence-electron chi connectivity index (χ1n) is 8.24. The number of carbonyl (C=O) groups excluding carboxylic acids is 1. The molecule has 3 rings (SSSR count). The average molecular weight is 397 g/mol. The van der Waals surface area contributed by atoms with Crippen LogP contribution in [0.25, 0.3) is 0 Å². The molecule has 0 bridgehead atoms. The fraction of sp³-hybridized carbons (Fsp3) is 0.353. The molecule has 1 atom stereocenters. The van der Waals surface area contributed by atoms with Crippen LogP contribution in [0.3, 0.4) is 0 Å². The van der Waals surface area contributed by atoms with E-state index in [0.717, 1.165) is 4.88 Å². The van der Waals surface area contributed by atoms with Crippen molar-refractivity contribution in [1.82, 2.24) is 9.73 Å². The van der Waals surface area contributed by atoms with Crippen LogP contribution in [0.15, 0.2) is 40.6 Å². The fourth-order valence-electron chi connectivity index (χ4n) is 2.82. The van der Waals surface area contributed by atoms with E-state index in [4.69, 9.17) is 0 Å². The van der Waals surface area contributed by atoms with Gasteiger partial charge in [-0.3, -0.25) is 15.6 Å². The fourth-order valence-corrected chi connectivity index (χ4v) is 5.78. The highest BCUT2D eigenvalue weighted by molar-refractivity contribution is 7.91. The van der Waals surface area contributed by atoms with Crippen LogP contribution in [-0.2, 0) is 14.8 Å². The standard InChI is InChI=1S/C17H20FN3O3S2/c1-12-4-9-16(25-12)26(23,24)21-10-2-3-13(11-21)17(22)20-19-15-7-5-14(18)6-8-15/h4-9,13,19H,2-3,10-11H2,1H3,(H,20,22)/t13-/m0/s1. The highest BCUT2D eigenvalue weighted by atomic mass is 32.2. The van der Waals surface area contributed by atoms with Crippen LogP contribution in [-0.4, -0.2) is 31.7 Å². The first-order valence-corrected chi connectivity index (χ1v) is 10.5. The van der Waals surface area contributed by atoms with Crippen LogP contribution < -0.4 is 10.9 Å². The Labute approximate surface area is 156 Å². The molecule has 1 aromatic heterocycles. The molecule has 0 unspecified atom stereocenters. The summed E-state index contributed by atoms with van der Waals surface area (Å²) in [6.45, 7) is 2.42. The Kier molecular flexibility index (Phi) is 5.59. The third-order valence-electron chi connectivity index (χ3n) is 4.24. The number of aryl methyl sites for hydroxylation is 1. The van der Waals surface area contributed by atoms with Gasteiger partial charge in [0.15, 0.2) is 0 Å². The molecule has 0 saturated carbocycles. The van der Waals surface area contributed by atoms with Gasteiger partial charge < -0.3 is 0 Å². The van der Waals surface area contributed by atoms with Crippen molar-refractivity contribution in [1.29, 1.82) is 0 Å². The maximum atomic E-state index is 12.9. The number of benzene rings is 1. The Morgan fingerprint density at radius 3 is 2.62 bits per heavy atom. The van der Waals surface area contributed by atoms with Gasteiger partial charge in [0.2, 0.25) is 5.91 Å². The minimum absolute atomic E-state index is 0.149. The maximum Gasteiger partial charge on any atom is 0.252 e. The zero-order valence-electron chi connectivity index (χ0n) is 14.2. The summed E-state index contributed by atoms with van der Waals surface area (Å²) in [5.74, 6) is -1.08. The van der Waals surface area contributed by atoms with Crippen molar-refractivity contribution in [3.05, 3.63) is 47.1 Å². The second-order valence-electron chi connectivity index (χ2n) is 6.19. The van der Waals surface area contributed by atoms with E-state index in [0.29, 0.717) is 29.3 Å². The van der Waals surface area contributed by atoms with E-state index in [1.54, 1.807) is 12.1 Å². The van der Waals surface area contributed by atoms with Crippen molar-refractivity contribution < 1.29 is 17.6 Å². The number of sulfonamides is 1. The summed E-state index contributed by atoms with van der Waals surface area (Å²) in [5, 5.41) is 0. The van der Waals surface area contributed by atoms with E-state index >= 15 is 0 Å². The molecule has 0 radical (unpaired) electrons. The van der Waals surface area contributed by atoms with E-state index < -0.39 is 15.9 Å². The number of amides is 1. The van der Waals surface area contributed by atoms with Gasteiger partial charge in [0.25, 0.3) is 10.0 Å². The molecule has 1 aliphatic heterocycles. The second-order valence-corrected chi connectivity index (χ2v) is 9.64. The molecule has 1 saturated heterocycles. The third-order valence-corrected chi connectivity index (χ3v) is 7.57.